The summed E-state index contributed by atoms with van der Waals surface area (Å²) < 4.78 is 46.1. The summed E-state index contributed by atoms with van der Waals surface area (Å²) in [5.41, 5.74) is 1.28. The first-order valence-corrected chi connectivity index (χ1v) is 12.1. The lowest BCUT2D eigenvalue weighted by Crippen LogP contribution is -2.13. The number of carbonyl (C=O) groups is 1. The number of carbonyl (C=O) groups excluding carboxylic acids is 1. The van der Waals surface area contributed by atoms with Crippen molar-refractivity contribution in [2.75, 3.05) is 16.3 Å². The Kier molecular flexibility index (Phi) is 6.53. The number of nitrogens with one attached hydrogen (secondary N) is 2. The maximum atomic E-state index is 13.5. The number of benzene rings is 3. The van der Waals surface area contributed by atoms with Crippen molar-refractivity contribution >= 4 is 38.9 Å². The molecule has 3 aromatic carbocycles. The lowest BCUT2D eigenvalue weighted by atomic mass is 10.2. The molecule has 0 atom stereocenters. The van der Waals surface area contributed by atoms with Gasteiger partial charge in [0.2, 0.25) is 10.0 Å². The van der Waals surface area contributed by atoms with Gasteiger partial charge in [0.25, 0.3) is 5.91 Å². The first-order chi connectivity index (χ1) is 16.2. The Bertz CT molecular complexity index is 1470. The molecule has 0 saturated carbocycles. The molecule has 4 rings (SSSR count). The van der Waals surface area contributed by atoms with Gasteiger partial charge in [-0.25, -0.2) is 17.5 Å². The van der Waals surface area contributed by atoms with E-state index in [1.54, 1.807) is 30.3 Å². The van der Waals surface area contributed by atoms with Gasteiger partial charge < -0.3 is 10.1 Å². The number of aromatic nitrogens is 2. The molecule has 0 bridgehead atoms. The molecule has 0 radical (unpaired) electrons. The fourth-order valence-corrected chi connectivity index (χ4v) is 3.88. The smallest absolute Gasteiger partial charge is 0.258 e. The van der Waals surface area contributed by atoms with Gasteiger partial charge in [-0.15, -0.1) is 0 Å². The Hall–Kier alpha value is -3.89. The maximum absolute atomic E-state index is 13.5. The summed E-state index contributed by atoms with van der Waals surface area (Å²) in [5.74, 6) is -0.183. The summed E-state index contributed by atoms with van der Waals surface area (Å²) in [4.78, 5) is 12.8. The van der Waals surface area contributed by atoms with Gasteiger partial charge >= 0.3 is 0 Å². The number of hydrogen-bond donors (Lipinski definition) is 2. The molecular formula is C23H18ClFN4O4S. The predicted molar refractivity (Wildman–Crippen MR) is 128 cm³/mol. The van der Waals surface area contributed by atoms with Crippen LogP contribution in [-0.4, -0.2) is 30.4 Å². The van der Waals surface area contributed by atoms with Crippen LogP contribution in [0, 0.1) is 5.82 Å². The number of para-hydroxylation sites is 2. The standard InChI is InChI=1S/C23H18ClFN4O4S/c1-34(31,32)28-19-10-16(24)9-18(12-19)27-23(30)15-13-26-29(14-15)21-7-2-3-8-22(21)33-20-6-4-5-17(25)11-20/h2-14,28H,1H3,(H,27,30). The molecule has 0 spiro atoms. The zero-order valence-corrected chi connectivity index (χ0v) is 19.3. The summed E-state index contributed by atoms with van der Waals surface area (Å²) in [7, 11) is -3.52. The molecule has 0 aliphatic rings. The summed E-state index contributed by atoms with van der Waals surface area (Å²) in [6.45, 7) is 0. The van der Waals surface area contributed by atoms with E-state index in [-0.39, 0.29) is 16.3 Å². The second-order valence-electron chi connectivity index (χ2n) is 7.26. The summed E-state index contributed by atoms with van der Waals surface area (Å²) in [5, 5.41) is 7.14. The number of ether oxygens (including phenoxy) is 1. The van der Waals surface area contributed by atoms with E-state index >= 15 is 0 Å². The van der Waals surface area contributed by atoms with E-state index in [1.165, 1.54) is 53.5 Å². The highest BCUT2D eigenvalue weighted by molar-refractivity contribution is 7.92. The van der Waals surface area contributed by atoms with Crippen LogP contribution in [0.15, 0.2) is 79.1 Å². The van der Waals surface area contributed by atoms with Crippen LogP contribution in [0.3, 0.4) is 0 Å². The predicted octanol–water partition coefficient (Wildman–Crippen LogP) is 5.08. The van der Waals surface area contributed by atoms with Crippen LogP contribution >= 0.6 is 11.6 Å². The number of anilines is 2. The Balaban J connectivity index is 1.55. The van der Waals surface area contributed by atoms with E-state index in [2.05, 4.69) is 15.1 Å². The molecule has 11 heteroatoms. The molecular weight excluding hydrogens is 483 g/mol. The zero-order valence-electron chi connectivity index (χ0n) is 17.7. The average molecular weight is 501 g/mol. The second-order valence-corrected chi connectivity index (χ2v) is 9.44. The van der Waals surface area contributed by atoms with E-state index in [0.717, 1.165) is 6.26 Å². The zero-order chi connectivity index (χ0) is 24.3. The fraction of sp³-hybridized carbons (Fsp3) is 0.0435. The molecule has 0 aliphatic carbocycles. The number of rotatable bonds is 7. The van der Waals surface area contributed by atoms with Gasteiger partial charge in [-0.2, -0.15) is 5.10 Å². The van der Waals surface area contributed by atoms with Gasteiger partial charge in [-0.05, 0) is 42.5 Å². The topological polar surface area (TPSA) is 102 Å². The van der Waals surface area contributed by atoms with E-state index in [9.17, 15) is 17.6 Å². The number of amides is 1. The molecule has 34 heavy (non-hydrogen) atoms. The third kappa shape index (κ3) is 5.91. The largest absolute Gasteiger partial charge is 0.455 e. The second kappa shape index (κ2) is 9.54. The van der Waals surface area contributed by atoms with Crippen LogP contribution in [-0.2, 0) is 10.0 Å². The maximum Gasteiger partial charge on any atom is 0.258 e. The van der Waals surface area contributed by atoms with Crippen LogP contribution in [0.4, 0.5) is 15.8 Å². The normalized spacial score (nSPS) is 11.1. The minimum absolute atomic E-state index is 0.212. The van der Waals surface area contributed by atoms with Gasteiger partial charge in [-0.1, -0.05) is 29.8 Å². The highest BCUT2D eigenvalue weighted by Crippen LogP contribution is 2.29. The molecule has 0 fully saturated rings. The number of nitrogens with zero attached hydrogens (tertiary/aromatic N) is 2. The van der Waals surface area contributed by atoms with E-state index < -0.39 is 21.7 Å². The summed E-state index contributed by atoms with van der Waals surface area (Å²) in [6.07, 6.45) is 3.88. The Morgan fingerprint density at radius 1 is 1.06 bits per heavy atom. The van der Waals surface area contributed by atoms with Gasteiger partial charge in [0.1, 0.15) is 17.3 Å². The monoisotopic (exact) mass is 500 g/mol. The van der Waals surface area contributed by atoms with Crippen molar-refractivity contribution in [3.05, 3.63) is 95.5 Å². The number of hydrogen-bond acceptors (Lipinski definition) is 5. The lowest BCUT2D eigenvalue weighted by molar-refractivity contribution is 0.102. The van der Waals surface area contributed by atoms with Crippen molar-refractivity contribution in [2.24, 2.45) is 0 Å². The van der Waals surface area contributed by atoms with Crippen molar-refractivity contribution in [1.29, 1.82) is 0 Å². The Morgan fingerprint density at radius 2 is 1.82 bits per heavy atom. The first-order valence-electron chi connectivity index (χ1n) is 9.83. The Labute approximate surface area is 200 Å². The molecule has 1 aromatic heterocycles. The summed E-state index contributed by atoms with van der Waals surface area (Å²) in [6, 6.07) is 17.1. The molecule has 0 unspecified atom stereocenters. The van der Waals surface area contributed by atoms with E-state index in [1.807, 2.05) is 0 Å². The van der Waals surface area contributed by atoms with Crippen molar-refractivity contribution in [1.82, 2.24) is 9.78 Å². The van der Waals surface area contributed by atoms with Crippen molar-refractivity contribution in [3.8, 4) is 17.2 Å². The molecule has 4 aromatic rings. The molecule has 174 valence electrons. The highest BCUT2D eigenvalue weighted by Gasteiger charge is 2.14. The highest BCUT2D eigenvalue weighted by atomic mass is 35.5. The average Bonchev–Trinajstić information content (AvgIpc) is 3.23. The van der Waals surface area contributed by atoms with E-state index in [4.69, 9.17) is 16.3 Å². The summed E-state index contributed by atoms with van der Waals surface area (Å²) >= 11 is 6.05. The SMILES string of the molecule is CS(=O)(=O)Nc1cc(Cl)cc(NC(=O)c2cnn(-c3ccccc3Oc3cccc(F)c3)c2)c1. The number of sulfonamides is 1. The van der Waals surface area contributed by atoms with Crippen LogP contribution < -0.4 is 14.8 Å². The van der Waals surface area contributed by atoms with Crippen LogP contribution in [0.1, 0.15) is 10.4 Å². The van der Waals surface area contributed by atoms with Crippen LogP contribution in [0.5, 0.6) is 11.5 Å². The van der Waals surface area contributed by atoms with Crippen molar-refractivity contribution in [3.63, 3.8) is 0 Å². The number of halogens is 2. The minimum Gasteiger partial charge on any atom is -0.455 e. The van der Waals surface area contributed by atoms with Gasteiger partial charge in [0.15, 0.2) is 5.75 Å². The molecule has 8 nitrogen and oxygen atoms in total. The van der Waals surface area contributed by atoms with E-state index in [0.29, 0.717) is 22.9 Å². The van der Waals surface area contributed by atoms with Crippen LogP contribution in [0.2, 0.25) is 5.02 Å². The molecule has 1 amide bonds. The molecule has 0 saturated heterocycles. The van der Waals surface area contributed by atoms with Gasteiger partial charge in [0, 0.05) is 23.0 Å². The fourth-order valence-electron chi connectivity index (χ4n) is 3.10. The Morgan fingerprint density at radius 3 is 2.59 bits per heavy atom. The van der Waals surface area contributed by atoms with Crippen molar-refractivity contribution in [2.45, 2.75) is 0 Å². The first kappa shape index (κ1) is 23.3. The lowest BCUT2D eigenvalue weighted by Gasteiger charge is -2.11. The quantitative estimate of drug-likeness (QED) is 0.368. The molecule has 2 N–H and O–H groups in total. The minimum atomic E-state index is -3.52. The van der Waals surface area contributed by atoms with Crippen molar-refractivity contribution < 1.29 is 22.3 Å². The van der Waals surface area contributed by atoms with Gasteiger partial charge in [-0.3, -0.25) is 9.52 Å². The van der Waals surface area contributed by atoms with Crippen LogP contribution in [0.25, 0.3) is 5.69 Å². The molecule has 1 heterocycles. The molecule has 0 aliphatic heterocycles. The third-order valence-corrected chi connectivity index (χ3v) is 5.26. The third-order valence-electron chi connectivity index (χ3n) is 4.44. The van der Waals surface area contributed by atoms with Gasteiger partial charge in [0.05, 0.1) is 23.7 Å².